The van der Waals surface area contributed by atoms with Gasteiger partial charge in [0.1, 0.15) is 6.04 Å². The molecule has 1 N–H and O–H groups in total. The van der Waals surface area contributed by atoms with Crippen molar-refractivity contribution in [2.45, 2.75) is 19.4 Å². The molecule has 150 valence electrons. The summed E-state index contributed by atoms with van der Waals surface area (Å²) in [6, 6.07) is 20.5. The van der Waals surface area contributed by atoms with Gasteiger partial charge >= 0.3 is 0 Å². The molecule has 3 amide bonds. The standard InChI is InChI=1S/C24H19BrN2O3/c1-15-6-8-16(9-7-15)14-21(22(28)26-18-12-10-17(25)11-13-18)27-23(29)19-4-2-3-5-20(19)24(27)30/h2-13,21H,14H2,1H3,(H,26,28). The number of rotatable bonds is 5. The van der Waals surface area contributed by atoms with E-state index in [1.807, 2.05) is 43.3 Å². The van der Waals surface area contributed by atoms with Crippen LogP contribution in [0.1, 0.15) is 31.8 Å². The molecule has 1 heterocycles. The van der Waals surface area contributed by atoms with E-state index in [9.17, 15) is 14.4 Å². The molecule has 0 bridgehead atoms. The van der Waals surface area contributed by atoms with Crippen LogP contribution in [-0.4, -0.2) is 28.7 Å². The molecule has 0 spiro atoms. The van der Waals surface area contributed by atoms with Crippen molar-refractivity contribution in [3.8, 4) is 0 Å². The molecule has 0 fully saturated rings. The van der Waals surface area contributed by atoms with Crippen LogP contribution >= 0.6 is 15.9 Å². The van der Waals surface area contributed by atoms with Crippen molar-refractivity contribution in [3.05, 3.63) is 99.5 Å². The van der Waals surface area contributed by atoms with Gasteiger partial charge in [-0.05, 0) is 48.9 Å². The van der Waals surface area contributed by atoms with E-state index in [-0.39, 0.29) is 6.42 Å². The van der Waals surface area contributed by atoms with E-state index in [1.165, 1.54) is 0 Å². The molecular formula is C24H19BrN2O3. The monoisotopic (exact) mass is 462 g/mol. The normalized spacial score (nSPS) is 13.9. The van der Waals surface area contributed by atoms with Gasteiger partial charge in [0.2, 0.25) is 5.91 Å². The Balaban J connectivity index is 1.67. The fourth-order valence-corrected chi connectivity index (χ4v) is 3.76. The number of imide groups is 1. The second-order valence-corrected chi connectivity index (χ2v) is 8.14. The van der Waals surface area contributed by atoms with Crippen LogP contribution in [0.3, 0.4) is 0 Å². The molecule has 0 aromatic heterocycles. The molecule has 1 aliphatic heterocycles. The van der Waals surface area contributed by atoms with Crippen LogP contribution in [0.2, 0.25) is 0 Å². The SMILES string of the molecule is Cc1ccc(CC(C(=O)Nc2ccc(Br)cc2)N2C(=O)c3ccccc3C2=O)cc1. The second-order valence-electron chi connectivity index (χ2n) is 7.23. The highest BCUT2D eigenvalue weighted by Gasteiger charge is 2.42. The number of carbonyl (C=O) groups is 3. The number of anilines is 1. The summed E-state index contributed by atoms with van der Waals surface area (Å²) in [4.78, 5) is 40.3. The fraction of sp³-hybridized carbons (Fsp3) is 0.125. The number of amides is 3. The predicted octanol–water partition coefficient (Wildman–Crippen LogP) is 4.60. The quantitative estimate of drug-likeness (QED) is 0.563. The van der Waals surface area contributed by atoms with Crippen molar-refractivity contribution >= 4 is 39.3 Å². The minimum atomic E-state index is -0.969. The molecule has 3 aromatic rings. The summed E-state index contributed by atoms with van der Waals surface area (Å²) in [6.07, 6.45) is 0.230. The number of carbonyl (C=O) groups excluding carboxylic acids is 3. The van der Waals surface area contributed by atoms with Crippen molar-refractivity contribution in [1.82, 2.24) is 4.90 Å². The van der Waals surface area contributed by atoms with Gasteiger partial charge in [-0.2, -0.15) is 0 Å². The smallest absolute Gasteiger partial charge is 0.262 e. The lowest BCUT2D eigenvalue weighted by Gasteiger charge is -2.25. The van der Waals surface area contributed by atoms with E-state index < -0.39 is 23.8 Å². The third kappa shape index (κ3) is 3.91. The lowest BCUT2D eigenvalue weighted by Crippen LogP contribution is -2.48. The van der Waals surface area contributed by atoms with Crippen LogP contribution < -0.4 is 5.32 Å². The Hall–Kier alpha value is -3.25. The van der Waals surface area contributed by atoms with Gasteiger partial charge in [0.15, 0.2) is 0 Å². The highest BCUT2D eigenvalue weighted by Crippen LogP contribution is 2.27. The lowest BCUT2D eigenvalue weighted by atomic mass is 10.0. The molecule has 1 unspecified atom stereocenters. The van der Waals surface area contributed by atoms with Gasteiger partial charge in [-0.15, -0.1) is 0 Å². The Bertz CT molecular complexity index is 1090. The van der Waals surface area contributed by atoms with E-state index in [4.69, 9.17) is 0 Å². The molecule has 4 rings (SSSR count). The maximum absolute atomic E-state index is 13.2. The summed E-state index contributed by atoms with van der Waals surface area (Å²) in [7, 11) is 0. The minimum Gasteiger partial charge on any atom is -0.324 e. The number of nitrogens with zero attached hydrogens (tertiary/aromatic N) is 1. The molecule has 0 radical (unpaired) electrons. The van der Waals surface area contributed by atoms with E-state index in [2.05, 4.69) is 21.2 Å². The van der Waals surface area contributed by atoms with Gasteiger partial charge in [-0.25, -0.2) is 0 Å². The van der Waals surface area contributed by atoms with Crippen LogP contribution in [0.5, 0.6) is 0 Å². The average molecular weight is 463 g/mol. The summed E-state index contributed by atoms with van der Waals surface area (Å²) in [6.45, 7) is 1.98. The second kappa shape index (κ2) is 8.24. The van der Waals surface area contributed by atoms with Crippen molar-refractivity contribution in [2.24, 2.45) is 0 Å². The molecule has 6 heteroatoms. The van der Waals surface area contributed by atoms with Gasteiger partial charge < -0.3 is 5.32 Å². The number of hydrogen-bond acceptors (Lipinski definition) is 3. The minimum absolute atomic E-state index is 0.230. The number of fused-ring (bicyclic) bond motifs is 1. The first kappa shape index (κ1) is 20.0. The van der Waals surface area contributed by atoms with Crippen molar-refractivity contribution in [3.63, 3.8) is 0 Å². The first-order valence-corrected chi connectivity index (χ1v) is 10.3. The van der Waals surface area contributed by atoms with Crippen LogP contribution in [-0.2, 0) is 11.2 Å². The van der Waals surface area contributed by atoms with Crippen LogP contribution in [0.4, 0.5) is 5.69 Å². The summed E-state index contributed by atoms with van der Waals surface area (Å²) in [5, 5.41) is 2.84. The Kier molecular flexibility index (Phi) is 5.50. The maximum Gasteiger partial charge on any atom is 0.262 e. The molecule has 30 heavy (non-hydrogen) atoms. The fourth-order valence-electron chi connectivity index (χ4n) is 3.50. The third-order valence-electron chi connectivity index (χ3n) is 5.10. The van der Waals surface area contributed by atoms with Gasteiger partial charge in [0.25, 0.3) is 11.8 Å². The van der Waals surface area contributed by atoms with E-state index in [0.717, 1.165) is 20.5 Å². The van der Waals surface area contributed by atoms with Gasteiger partial charge in [-0.1, -0.05) is 57.9 Å². The Morgan fingerprint density at radius 2 is 1.47 bits per heavy atom. The number of hydrogen-bond donors (Lipinski definition) is 1. The zero-order valence-corrected chi connectivity index (χ0v) is 17.8. The van der Waals surface area contributed by atoms with Gasteiger partial charge in [0, 0.05) is 16.6 Å². The summed E-state index contributed by atoms with van der Waals surface area (Å²) in [5.74, 6) is -1.30. The lowest BCUT2D eigenvalue weighted by molar-refractivity contribution is -0.119. The average Bonchev–Trinajstić information content (AvgIpc) is 3.00. The van der Waals surface area contributed by atoms with Crippen molar-refractivity contribution in [1.29, 1.82) is 0 Å². The third-order valence-corrected chi connectivity index (χ3v) is 5.63. The van der Waals surface area contributed by atoms with Crippen LogP contribution in [0.25, 0.3) is 0 Å². The molecule has 0 saturated heterocycles. The number of halogens is 1. The Morgan fingerprint density at radius 3 is 2.03 bits per heavy atom. The summed E-state index contributed by atoms with van der Waals surface area (Å²) >= 11 is 3.37. The van der Waals surface area contributed by atoms with Crippen LogP contribution in [0.15, 0.2) is 77.3 Å². The van der Waals surface area contributed by atoms with Crippen LogP contribution in [0, 0.1) is 6.92 Å². The molecule has 3 aromatic carbocycles. The molecule has 1 atom stereocenters. The molecule has 0 aliphatic carbocycles. The van der Waals surface area contributed by atoms with Crippen molar-refractivity contribution < 1.29 is 14.4 Å². The zero-order valence-electron chi connectivity index (χ0n) is 16.3. The number of nitrogens with one attached hydrogen (secondary N) is 1. The summed E-state index contributed by atoms with van der Waals surface area (Å²) in [5.41, 5.74) is 3.21. The van der Waals surface area contributed by atoms with Gasteiger partial charge in [-0.3, -0.25) is 19.3 Å². The van der Waals surface area contributed by atoms with Gasteiger partial charge in [0.05, 0.1) is 11.1 Å². The van der Waals surface area contributed by atoms with E-state index in [1.54, 1.807) is 36.4 Å². The number of aryl methyl sites for hydroxylation is 1. The first-order valence-electron chi connectivity index (χ1n) is 9.53. The summed E-state index contributed by atoms with van der Waals surface area (Å²) < 4.78 is 0.886. The highest BCUT2D eigenvalue weighted by molar-refractivity contribution is 9.10. The van der Waals surface area contributed by atoms with E-state index in [0.29, 0.717) is 16.8 Å². The molecule has 1 aliphatic rings. The topological polar surface area (TPSA) is 66.5 Å². The zero-order chi connectivity index (χ0) is 21.3. The number of benzene rings is 3. The largest absolute Gasteiger partial charge is 0.324 e. The molecule has 0 saturated carbocycles. The van der Waals surface area contributed by atoms with Crippen molar-refractivity contribution in [2.75, 3.05) is 5.32 Å². The highest BCUT2D eigenvalue weighted by atomic mass is 79.9. The molecule has 5 nitrogen and oxygen atoms in total. The Morgan fingerprint density at radius 1 is 0.900 bits per heavy atom. The predicted molar refractivity (Wildman–Crippen MR) is 118 cm³/mol. The molecular weight excluding hydrogens is 444 g/mol. The maximum atomic E-state index is 13.2. The first-order chi connectivity index (χ1) is 14.4. The van der Waals surface area contributed by atoms with E-state index >= 15 is 0 Å². The Labute approximate surface area is 182 Å².